The van der Waals surface area contributed by atoms with Crippen molar-refractivity contribution in [2.24, 2.45) is 5.92 Å². The van der Waals surface area contributed by atoms with Crippen molar-refractivity contribution in [3.05, 3.63) is 82.2 Å². The predicted molar refractivity (Wildman–Crippen MR) is 149 cm³/mol. The van der Waals surface area contributed by atoms with E-state index in [0.29, 0.717) is 34.4 Å². The van der Waals surface area contributed by atoms with E-state index >= 15 is 0 Å². The van der Waals surface area contributed by atoms with Gasteiger partial charge < -0.3 is 14.0 Å². The third kappa shape index (κ3) is 4.86. The molecule has 0 radical (unpaired) electrons. The van der Waals surface area contributed by atoms with Crippen LogP contribution in [-0.2, 0) is 6.54 Å². The van der Waals surface area contributed by atoms with E-state index in [1.807, 2.05) is 47.4 Å². The molecule has 2 bridgehead atoms. The fourth-order valence-corrected chi connectivity index (χ4v) is 6.13. The molecule has 9 heteroatoms. The van der Waals surface area contributed by atoms with E-state index in [9.17, 15) is 4.79 Å². The molecule has 7 nitrogen and oxygen atoms in total. The van der Waals surface area contributed by atoms with Crippen molar-refractivity contribution >= 4 is 34.8 Å². The van der Waals surface area contributed by atoms with E-state index in [2.05, 4.69) is 20.5 Å². The number of hydrogen-bond acceptors (Lipinski definition) is 5. The number of halogens is 2. The molecule has 0 N–H and O–H groups in total. The minimum absolute atomic E-state index is 0.125. The molecule has 196 valence electrons. The van der Waals surface area contributed by atoms with Crippen LogP contribution in [0.15, 0.2) is 60.8 Å². The van der Waals surface area contributed by atoms with Gasteiger partial charge in [-0.2, -0.15) is 0 Å². The van der Waals surface area contributed by atoms with E-state index in [-0.39, 0.29) is 11.6 Å². The van der Waals surface area contributed by atoms with Crippen LogP contribution in [0.25, 0.3) is 16.9 Å². The number of aromatic nitrogens is 3. The first-order chi connectivity index (χ1) is 18.5. The molecular formula is C29H29Cl2N5O2. The molecule has 2 aliphatic rings. The normalized spacial score (nSPS) is 19.9. The molecule has 2 atom stereocenters. The lowest BCUT2D eigenvalue weighted by Crippen LogP contribution is -2.42. The summed E-state index contributed by atoms with van der Waals surface area (Å²) in [6.07, 6.45) is 5.08. The van der Waals surface area contributed by atoms with E-state index in [0.717, 1.165) is 55.8 Å². The van der Waals surface area contributed by atoms with Gasteiger partial charge in [-0.15, -0.1) is 0 Å². The highest BCUT2D eigenvalue weighted by Gasteiger charge is 2.35. The third-order valence-electron chi connectivity index (χ3n) is 7.78. The Kier molecular flexibility index (Phi) is 6.99. The highest BCUT2D eigenvalue weighted by atomic mass is 35.5. The summed E-state index contributed by atoms with van der Waals surface area (Å²) in [5.74, 6) is 0.715. The van der Waals surface area contributed by atoms with Gasteiger partial charge in [0.1, 0.15) is 5.65 Å². The number of nitrogens with zero attached hydrogens (tertiary/aromatic N) is 5. The van der Waals surface area contributed by atoms with Gasteiger partial charge in [0.05, 0.1) is 23.5 Å². The van der Waals surface area contributed by atoms with Crippen LogP contribution in [0, 0.1) is 5.92 Å². The second kappa shape index (κ2) is 10.6. The Morgan fingerprint density at radius 2 is 1.87 bits per heavy atom. The maximum absolute atomic E-state index is 13.4. The van der Waals surface area contributed by atoms with Gasteiger partial charge in [0.25, 0.3) is 5.91 Å². The number of ether oxygens (including phenoxy) is 1. The number of piperidine rings is 1. The van der Waals surface area contributed by atoms with Gasteiger partial charge in [0.2, 0.25) is 5.88 Å². The first-order valence-electron chi connectivity index (χ1n) is 13.0. The van der Waals surface area contributed by atoms with Crippen LogP contribution >= 0.6 is 23.2 Å². The Hall–Kier alpha value is -3.13. The summed E-state index contributed by atoms with van der Waals surface area (Å²) in [5.41, 5.74) is 4.41. The highest BCUT2D eigenvalue weighted by molar-refractivity contribution is 6.33. The summed E-state index contributed by atoms with van der Waals surface area (Å²) in [6.45, 7) is 3.17. The van der Waals surface area contributed by atoms with Gasteiger partial charge in [0.15, 0.2) is 5.69 Å². The monoisotopic (exact) mass is 549 g/mol. The highest BCUT2D eigenvalue weighted by Crippen LogP contribution is 2.34. The summed E-state index contributed by atoms with van der Waals surface area (Å²) in [6, 6.07) is 17.7. The van der Waals surface area contributed by atoms with E-state index in [4.69, 9.17) is 32.9 Å². The number of imidazole rings is 1. The summed E-state index contributed by atoms with van der Waals surface area (Å²) < 4.78 is 7.42. The number of amides is 1. The number of benzene rings is 1. The average Bonchev–Trinajstić information content (AvgIpc) is 3.20. The number of hydrogen-bond donors (Lipinski definition) is 0. The molecule has 2 unspecified atom stereocenters. The van der Waals surface area contributed by atoms with Gasteiger partial charge in [-0.3, -0.25) is 9.69 Å². The zero-order valence-corrected chi connectivity index (χ0v) is 22.7. The lowest BCUT2D eigenvalue weighted by Gasteiger charge is -2.37. The maximum Gasteiger partial charge on any atom is 0.274 e. The maximum atomic E-state index is 13.4. The van der Waals surface area contributed by atoms with Crippen molar-refractivity contribution in [3.63, 3.8) is 0 Å². The molecule has 1 amide bonds. The van der Waals surface area contributed by atoms with Crippen LogP contribution in [0.3, 0.4) is 0 Å². The van der Waals surface area contributed by atoms with Crippen molar-refractivity contribution in [2.75, 3.05) is 26.7 Å². The van der Waals surface area contributed by atoms with Crippen LogP contribution in [0.2, 0.25) is 10.0 Å². The molecule has 6 rings (SSSR count). The molecular weight excluding hydrogens is 521 g/mol. The lowest BCUT2D eigenvalue weighted by atomic mass is 9.90. The van der Waals surface area contributed by atoms with E-state index in [1.54, 1.807) is 12.1 Å². The van der Waals surface area contributed by atoms with Gasteiger partial charge in [0, 0.05) is 48.5 Å². The molecule has 2 saturated heterocycles. The lowest BCUT2D eigenvalue weighted by molar-refractivity contribution is 0.0727. The molecule has 2 fully saturated rings. The molecule has 38 heavy (non-hydrogen) atoms. The van der Waals surface area contributed by atoms with Gasteiger partial charge in [-0.25, -0.2) is 9.97 Å². The predicted octanol–water partition coefficient (Wildman–Crippen LogP) is 5.84. The van der Waals surface area contributed by atoms with Crippen molar-refractivity contribution < 1.29 is 9.53 Å². The Bertz CT molecular complexity index is 1470. The molecule has 4 aromatic rings. The third-order valence-corrected chi connectivity index (χ3v) is 8.33. The largest absolute Gasteiger partial charge is 0.481 e. The first kappa shape index (κ1) is 25.2. The number of rotatable bonds is 5. The van der Waals surface area contributed by atoms with Crippen molar-refractivity contribution in [3.8, 4) is 17.1 Å². The van der Waals surface area contributed by atoms with Crippen LogP contribution in [0.4, 0.5) is 0 Å². The zero-order valence-electron chi connectivity index (χ0n) is 21.2. The number of pyridine rings is 2. The fraction of sp³-hybridized carbons (Fsp3) is 0.345. The minimum Gasteiger partial charge on any atom is -0.481 e. The number of carbonyl (C=O) groups is 1. The zero-order chi connectivity index (χ0) is 26.2. The van der Waals surface area contributed by atoms with Crippen LogP contribution < -0.4 is 4.74 Å². The minimum atomic E-state index is -0.125. The molecule has 5 heterocycles. The number of carbonyl (C=O) groups excluding carboxylic acids is 1. The Morgan fingerprint density at radius 3 is 2.68 bits per heavy atom. The average molecular weight is 550 g/mol. The Labute approximate surface area is 232 Å². The van der Waals surface area contributed by atoms with Crippen LogP contribution in [-0.4, -0.2) is 62.9 Å². The first-order valence-corrected chi connectivity index (χ1v) is 13.7. The van der Waals surface area contributed by atoms with Gasteiger partial charge >= 0.3 is 0 Å². The molecule has 0 aliphatic carbocycles. The van der Waals surface area contributed by atoms with Crippen molar-refractivity contribution in [2.45, 2.75) is 31.8 Å². The second-order valence-corrected chi connectivity index (χ2v) is 10.9. The summed E-state index contributed by atoms with van der Waals surface area (Å²) in [5, 5.41) is 1.07. The summed E-state index contributed by atoms with van der Waals surface area (Å²) >= 11 is 12.5. The number of fused-ring (bicyclic) bond motifs is 3. The Balaban J connectivity index is 1.24. The van der Waals surface area contributed by atoms with Gasteiger partial charge in [-0.1, -0.05) is 41.4 Å². The molecule has 1 aromatic carbocycles. The number of methoxy groups -OCH3 is 1. The Morgan fingerprint density at radius 1 is 1.03 bits per heavy atom. The fourth-order valence-electron chi connectivity index (χ4n) is 5.82. The summed E-state index contributed by atoms with van der Waals surface area (Å²) in [4.78, 5) is 27.2. The quantitative estimate of drug-likeness (QED) is 0.313. The topological polar surface area (TPSA) is 63.0 Å². The smallest absolute Gasteiger partial charge is 0.274 e. The van der Waals surface area contributed by atoms with Crippen LogP contribution in [0.1, 0.15) is 35.4 Å². The standard InChI is InChI=1S/C29H29Cl2N5O2/c1-38-26-10-9-23(31)28(33-26)29(37)35-15-12-22-16-19(17-35)11-14-34(22)18-24-27(20-5-7-21(30)8-6-20)32-25-4-2-3-13-36(24)25/h2-10,13,19,22H,11-12,14-18H2,1H3. The molecule has 0 spiro atoms. The van der Waals surface area contributed by atoms with Crippen LogP contribution in [0.5, 0.6) is 5.88 Å². The van der Waals surface area contributed by atoms with E-state index < -0.39 is 0 Å². The van der Waals surface area contributed by atoms with Crippen molar-refractivity contribution in [1.29, 1.82) is 0 Å². The van der Waals surface area contributed by atoms with Gasteiger partial charge in [-0.05, 0) is 62.1 Å². The second-order valence-electron chi connectivity index (χ2n) is 10.1. The molecule has 3 aromatic heterocycles. The number of likely N-dealkylation sites (tertiary alicyclic amines) is 2. The molecule has 0 saturated carbocycles. The van der Waals surface area contributed by atoms with Crippen molar-refractivity contribution in [1.82, 2.24) is 24.2 Å². The summed E-state index contributed by atoms with van der Waals surface area (Å²) in [7, 11) is 1.54. The molecule has 2 aliphatic heterocycles. The van der Waals surface area contributed by atoms with E-state index in [1.165, 1.54) is 12.8 Å². The SMILES string of the molecule is COc1ccc(Cl)c(C(=O)N2CCC3CC(CCN3Cc3c(-c4ccc(Cl)cc4)nc4ccccn34)C2)n1.